The summed E-state index contributed by atoms with van der Waals surface area (Å²) >= 11 is 0. The molecule has 0 spiro atoms. The first-order valence-corrected chi connectivity index (χ1v) is 3.74. The number of fused-ring (bicyclic) bond motifs is 1. The van der Waals surface area contributed by atoms with Crippen LogP contribution in [0.25, 0.3) is 0 Å². The van der Waals surface area contributed by atoms with Crippen LogP contribution in [0.4, 0.5) is 0 Å². The van der Waals surface area contributed by atoms with Gasteiger partial charge in [-0.25, -0.2) is 4.99 Å². The lowest BCUT2D eigenvalue weighted by molar-refractivity contribution is 0.229. The van der Waals surface area contributed by atoms with E-state index in [0.717, 1.165) is 18.7 Å². The summed E-state index contributed by atoms with van der Waals surface area (Å²) in [6.45, 7) is 1.92. The predicted molar refractivity (Wildman–Crippen MR) is 40.1 cm³/mol. The lowest BCUT2D eigenvalue weighted by atomic mass is 10.0. The fourth-order valence-corrected chi connectivity index (χ4v) is 1.51. The second-order valence-electron chi connectivity index (χ2n) is 2.80. The molecular formula is C8H11NO. The van der Waals surface area contributed by atoms with Gasteiger partial charge in [0, 0.05) is 6.92 Å². The Hall–Kier alpha value is -0.790. The van der Waals surface area contributed by atoms with Gasteiger partial charge in [0.25, 0.3) is 0 Å². The molecule has 2 aliphatic rings. The molecule has 0 aromatic rings. The third-order valence-electron chi connectivity index (χ3n) is 1.99. The van der Waals surface area contributed by atoms with E-state index in [9.17, 15) is 0 Å². The summed E-state index contributed by atoms with van der Waals surface area (Å²) < 4.78 is 5.43. The van der Waals surface area contributed by atoms with Crippen molar-refractivity contribution in [3.8, 4) is 0 Å². The Morgan fingerprint density at radius 1 is 1.70 bits per heavy atom. The van der Waals surface area contributed by atoms with Gasteiger partial charge in [-0.2, -0.15) is 0 Å². The second kappa shape index (κ2) is 2.11. The summed E-state index contributed by atoms with van der Waals surface area (Å²) in [5, 5.41) is 0. The topological polar surface area (TPSA) is 21.6 Å². The fraction of sp³-hybridized carbons (Fsp3) is 0.625. The average molecular weight is 137 g/mol. The molecule has 0 amide bonds. The second-order valence-corrected chi connectivity index (χ2v) is 2.80. The molecule has 2 rings (SSSR count). The van der Waals surface area contributed by atoms with Crippen LogP contribution in [-0.2, 0) is 4.74 Å². The molecule has 1 aliphatic heterocycles. The van der Waals surface area contributed by atoms with Gasteiger partial charge in [0.1, 0.15) is 6.10 Å². The molecule has 0 bridgehead atoms. The SMILES string of the molecule is CC1=NC2CCC=CC2O1. The zero-order valence-corrected chi connectivity index (χ0v) is 6.08. The molecule has 2 nitrogen and oxygen atoms in total. The highest BCUT2D eigenvalue weighted by Gasteiger charge is 2.27. The molecule has 0 radical (unpaired) electrons. The number of aliphatic imine (C=N–C) groups is 1. The van der Waals surface area contributed by atoms with Gasteiger partial charge in [-0.15, -0.1) is 0 Å². The molecule has 1 aliphatic carbocycles. The number of hydrogen-bond donors (Lipinski definition) is 0. The first kappa shape index (κ1) is 5.96. The van der Waals surface area contributed by atoms with Crippen molar-refractivity contribution in [3.63, 3.8) is 0 Å². The van der Waals surface area contributed by atoms with Gasteiger partial charge >= 0.3 is 0 Å². The highest BCUT2D eigenvalue weighted by molar-refractivity contribution is 5.75. The Bertz CT molecular complexity index is 195. The van der Waals surface area contributed by atoms with Gasteiger partial charge in [-0.05, 0) is 18.9 Å². The van der Waals surface area contributed by atoms with Crippen molar-refractivity contribution >= 4 is 5.90 Å². The summed E-state index contributed by atoms with van der Waals surface area (Å²) in [5.74, 6) is 0.849. The summed E-state index contributed by atoms with van der Waals surface area (Å²) in [6, 6.07) is 0.421. The normalized spacial score (nSPS) is 36.7. The van der Waals surface area contributed by atoms with Crippen LogP contribution in [0.15, 0.2) is 17.1 Å². The highest BCUT2D eigenvalue weighted by Crippen LogP contribution is 2.23. The molecule has 0 aromatic carbocycles. The molecule has 0 saturated heterocycles. The molecule has 10 heavy (non-hydrogen) atoms. The van der Waals surface area contributed by atoms with E-state index in [1.54, 1.807) is 0 Å². The van der Waals surface area contributed by atoms with Crippen LogP contribution in [0, 0.1) is 0 Å². The smallest absolute Gasteiger partial charge is 0.181 e. The van der Waals surface area contributed by atoms with Gasteiger partial charge in [-0.3, -0.25) is 0 Å². The van der Waals surface area contributed by atoms with Crippen molar-refractivity contribution in [2.75, 3.05) is 0 Å². The van der Waals surface area contributed by atoms with Crippen LogP contribution in [-0.4, -0.2) is 18.0 Å². The molecule has 2 heteroatoms. The van der Waals surface area contributed by atoms with Crippen LogP contribution in [0.5, 0.6) is 0 Å². The maximum atomic E-state index is 5.43. The van der Waals surface area contributed by atoms with Crippen molar-refractivity contribution in [1.82, 2.24) is 0 Å². The number of nitrogens with zero attached hydrogens (tertiary/aromatic N) is 1. The van der Waals surface area contributed by atoms with E-state index in [0.29, 0.717) is 6.04 Å². The van der Waals surface area contributed by atoms with Gasteiger partial charge in [0.2, 0.25) is 0 Å². The van der Waals surface area contributed by atoms with Gasteiger partial charge in [0.05, 0.1) is 6.04 Å². The minimum atomic E-state index is 0.258. The third kappa shape index (κ3) is 0.838. The minimum absolute atomic E-state index is 0.258. The van der Waals surface area contributed by atoms with Crippen molar-refractivity contribution < 1.29 is 4.74 Å². The lowest BCUT2D eigenvalue weighted by Crippen LogP contribution is -2.22. The Labute approximate surface area is 60.6 Å². The predicted octanol–water partition coefficient (Wildman–Crippen LogP) is 1.52. The first-order valence-electron chi connectivity index (χ1n) is 3.74. The Kier molecular flexibility index (Phi) is 1.26. The number of rotatable bonds is 0. The molecule has 0 aromatic heterocycles. The van der Waals surface area contributed by atoms with E-state index in [4.69, 9.17) is 4.74 Å². The highest BCUT2D eigenvalue weighted by atomic mass is 16.5. The van der Waals surface area contributed by atoms with E-state index in [1.807, 2.05) is 6.92 Å². The van der Waals surface area contributed by atoms with Crippen molar-refractivity contribution in [1.29, 1.82) is 0 Å². The van der Waals surface area contributed by atoms with E-state index in [2.05, 4.69) is 17.1 Å². The van der Waals surface area contributed by atoms with E-state index < -0.39 is 0 Å². The van der Waals surface area contributed by atoms with Crippen LogP contribution in [0.2, 0.25) is 0 Å². The first-order chi connectivity index (χ1) is 4.86. The van der Waals surface area contributed by atoms with Gasteiger partial charge in [0.15, 0.2) is 5.90 Å². The quantitative estimate of drug-likeness (QED) is 0.464. The van der Waals surface area contributed by atoms with Crippen molar-refractivity contribution in [2.45, 2.75) is 31.9 Å². The number of hydrogen-bond acceptors (Lipinski definition) is 2. The standard InChI is InChI=1S/C8H11NO/c1-6-9-7-4-2-3-5-8(7)10-6/h3,5,7-8H,2,4H2,1H3. The van der Waals surface area contributed by atoms with Crippen molar-refractivity contribution in [3.05, 3.63) is 12.2 Å². The molecule has 2 unspecified atom stereocenters. The van der Waals surface area contributed by atoms with E-state index in [1.165, 1.54) is 0 Å². The van der Waals surface area contributed by atoms with Crippen LogP contribution < -0.4 is 0 Å². The maximum absolute atomic E-state index is 5.43. The summed E-state index contributed by atoms with van der Waals surface area (Å²) in [6.07, 6.45) is 6.86. The number of ether oxygens (including phenoxy) is 1. The maximum Gasteiger partial charge on any atom is 0.181 e. The van der Waals surface area contributed by atoms with Crippen molar-refractivity contribution in [2.24, 2.45) is 4.99 Å². The molecule has 54 valence electrons. The Morgan fingerprint density at radius 2 is 2.60 bits per heavy atom. The summed E-state index contributed by atoms with van der Waals surface area (Å²) in [7, 11) is 0. The number of allylic oxidation sites excluding steroid dienone is 1. The largest absolute Gasteiger partial charge is 0.472 e. The minimum Gasteiger partial charge on any atom is -0.472 e. The third-order valence-corrected chi connectivity index (χ3v) is 1.99. The fourth-order valence-electron chi connectivity index (χ4n) is 1.51. The molecule has 0 N–H and O–H groups in total. The monoisotopic (exact) mass is 137 g/mol. The summed E-state index contributed by atoms with van der Waals surface area (Å²) in [5.41, 5.74) is 0. The van der Waals surface area contributed by atoms with E-state index in [-0.39, 0.29) is 6.10 Å². The molecule has 0 fully saturated rings. The van der Waals surface area contributed by atoms with Crippen LogP contribution in [0.1, 0.15) is 19.8 Å². The lowest BCUT2D eigenvalue weighted by Gasteiger charge is -2.16. The Morgan fingerprint density at radius 3 is 3.40 bits per heavy atom. The van der Waals surface area contributed by atoms with Crippen LogP contribution >= 0.6 is 0 Å². The molecule has 0 saturated carbocycles. The van der Waals surface area contributed by atoms with Crippen LogP contribution in [0.3, 0.4) is 0 Å². The average Bonchev–Trinajstić information content (AvgIpc) is 2.27. The zero-order valence-electron chi connectivity index (χ0n) is 6.08. The van der Waals surface area contributed by atoms with Gasteiger partial charge < -0.3 is 4.74 Å². The molecule has 2 atom stereocenters. The molecular weight excluding hydrogens is 126 g/mol. The molecule has 1 heterocycles. The zero-order chi connectivity index (χ0) is 6.97. The Balaban J connectivity index is 2.17. The summed E-state index contributed by atoms with van der Waals surface area (Å²) in [4.78, 5) is 4.35. The van der Waals surface area contributed by atoms with Gasteiger partial charge in [-0.1, -0.05) is 6.08 Å². The van der Waals surface area contributed by atoms with E-state index >= 15 is 0 Å².